The smallest absolute Gasteiger partial charge is 0.330 e. The van der Waals surface area contributed by atoms with Crippen LogP contribution in [0.5, 0.6) is 0 Å². The molecule has 0 aliphatic carbocycles. The van der Waals surface area contributed by atoms with E-state index < -0.39 is 7.91 Å². The molecule has 0 amide bonds. The van der Waals surface area contributed by atoms with Gasteiger partial charge >= 0.3 is 7.91 Å². The molecule has 0 bridgehead atoms. The summed E-state index contributed by atoms with van der Waals surface area (Å²) >= 11 is 0. The first-order chi connectivity index (χ1) is 11.4. The zero-order valence-corrected chi connectivity index (χ0v) is 16.4. The van der Waals surface area contributed by atoms with Crippen LogP contribution < -0.4 is 5.73 Å². The summed E-state index contributed by atoms with van der Waals surface area (Å²) in [7, 11) is -5.14. The molecule has 146 valence electrons. The number of rotatable bonds is 15. The molecule has 4 N–H and O–H groups in total. The Morgan fingerprint density at radius 2 is 1.12 bits per heavy atom. The summed E-state index contributed by atoms with van der Waals surface area (Å²) in [5.41, 5.74) is 5.47. The average molecular weight is 367 g/mol. The highest BCUT2D eigenvalue weighted by molar-refractivity contribution is 7.45. The Hall–Kier alpha value is -0.220. The number of nitrogens with two attached hydrogens (primary N) is 1. The summed E-state index contributed by atoms with van der Waals surface area (Å²) in [6.07, 6.45) is 23.9. The largest absolute Gasteiger partial charge is 0.507 e. The highest BCUT2D eigenvalue weighted by Gasteiger charge is 2.04. The van der Waals surface area contributed by atoms with Crippen molar-refractivity contribution in [3.63, 3.8) is 0 Å². The van der Waals surface area contributed by atoms with Crippen LogP contribution in [0.2, 0.25) is 0 Å². The number of unbranched alkanes of at least 4 members (excludes halogenated alkanes) is 12. The van der Waals surface area contributed by atoms with Gasteiger partial charge in [-0.05, 0) is 38.6 Å². The van der Waals surface area contributed by atoms with E-state index in [4.69, 9.17) is 20.1 Å². The first kappa shape index (κ1) is 26.0. The van der Waals surface area contributed by atoms with Crippen LogP contribution in [0.25, 0.3) is 0 Å². The Morgan fingerprint density at radius 3 is 1.50 bits per heavy atom. The molecule has 4 nitrogen and oxygen atoms in total. The minimum absolute atomic E-state index is 0.862. The van der Waals surface area contributed by atoms with Crippen LogP contribution in [-0.2, 0) is 4.57 Å². The van der Waals surface area contributed by atoms with Crippen LogP contribution in [0.1, 0.15) is 96.8 Å². The molecule has 0 aromatic rings. The standard InChI is InChI=1S/C18H37N.FH2O3P/c1-2-3-4-5-6-7-8-9-10-11-12-13-14-15-16-17-18-19;1-5(2,3)4/h9-10H,2-8,11-19H2,1H3;(H2,2,3,4). The predicted molar refractivity (Wildman–Crippen MR) is 102 cm³/mol. The van der Waals surface area contributed by atoms with Crippen molar-refractivity contribution in [2.24, 2.45) is 5.73 Å². The van der Waals surface area contributed by atoms with E-state index in [-0.39, 0.29) is 0 Å². The summed E-state index contributed by atoms with van der Waals surface area (Å²) in [4.78, 5) is 13.9. The fourth-order valence-electron chi connectivity index (χ4n) is 2.39. The van der Waals surface area contributed by atoms with Gasteiger partial charge < -0.3 is 5.73 Å². The molecular formula is C18H39FNO3P. The molecular weight excluding hydrogens is 328 g/mol. The van der Waals surface area contributed by atoms with Crippen LogP contribution in [0, 0.1) is 0 Å². The third-order valence-electron chi connectivity index (χ3n) is 3.72. The summed E-state index contributed by atoms with van der Waals surface area (Å²) in [6.45, 7) is 3.14. The normalized spacial score (nSPS) is 11.5. The van der Waals surface area contributed by atoms with Crippen molar-refractivity contribution in [1.82, 2.24) is 0 Å². The van der Waals surface area contributed by atoms with Gasteiger partial charge in [-0.15, -0.1) is 4.20 Å². The second kappa shape index (κ2) is 20.8. The maximum Gasteiger partial charge on any atom is 0.507 e. The lowest BCUT2D eigenvalue weighted by Crippen LogP contribution is -1.97. The molecule has 0 aromatic heterocycles. The van der Waals surface area contributed by atoms with Crippen molar-refractivity contribution in [2.75, 3.05) is 6.54 Å². The van der Waals surface area contributed by atoms with E-state index >= 15 is 0 Å². The fourth-order valence-corrected chi connectivity index (χ4v) is 2.39. The van der Waals surface area contributed by atoms with Crippen LogP contribution >= 0.6 is 7.91 Å². The minimum atomic E-state index is -5.14. The first-order valence-corrected chi connectivity index (χ1v) is 11.0. The summed E-state index contributed by atoms with van der Waals surface area (Å²) in [5.74, 6) is 0. The highest BCUT2D eigenvalue weighted by Crippen LogP contribution is 2.35. The molecule has 0 saturated heterocycles. The van der Waals surface area contributed by atoms with Crippen LogP contribution in [0.4, 0.5) is 4.20 Å². The second-order valence-corrected chi connectivity index (χ2v) is 7.15. The van der Waals surface area contributed by atoms with E-state index in [1.54, 1.807) is 0 Å². The highest BCUT2D eigenvalue weighted by atomic mass is 31.2. The van der Waals surface area contributed by atoms with Crippen molar-refractivity contribution in [3.8, 4) is 0 Å². The molecule has 6 heteroatoms. The van der Waals surface area contributed by atoms with Gasteiger partial charge in [0.15, 0.2) is 0 Å². The van der Waals surface area contributed by atoms with Gasteiger partial charge in [0, 0.05) is 0 Å². The number of hydrogen-bond acceptors (Lipinski definition) is 2. The Kier molecular flexibility index (Phi) is 22.6. The molecule has 24 heavy (non-hydrogen) atoms. The monoisotopic (exact) mass is 367 g/mol. The topological polar surface area (TPSA) is 83.6 Å². The zero-order valence-electron chi connectivity index (χ0n) is 15.5. The molecule has 0 aromatic carbocycles. The van der Waals surface area contributed by atoms with Gasteiger partial charge in [0.1, 0.15) is 0 Å². The molecule has 0 saturated carbocycles. The first-order valence-electron chi connectivity index (χ1n) is 9.52. The van der Waals surface area contributed by atoms with Gasteiger partial charge in [0.25, 0.3) is 0 Å². The maximum atomic E-state index is 10.4. The van der Waals surface area contributed by atoms with Gasteiger partial charge in [-0.1, -0.05) is 76.9 Å². The van der Waals surface area contributed by atoms with E-state index in [2.05, 4.69) is 19.1 Å². The van der Waals surface area contributed by atoms with Crippen molar-refractivity contribution < 1.29 is 18.5 Å². The number of hydrogen-bond donors (Lipinski definition) is 3. The predicted octanol–water partition coefficient (Wildman–Crippen LogP) is 6.03. The summed E-state index contributed by atoms with van der Waals surface area (Å²) in [5, 5.41) is 0. The van der Waals surface area contributed by atoms with E-state index in [0.29, 0.717) is 0 Å². The van der Waals surface area contributed by atoms with E-state index in [9.17, 15) is 4.20 Å². The molecule has 0 rings (SSSR count). The SMILES string of the molecule is CCCCCCCCC=CCCCCCCCCN.O=P(O)(O)F. The fraction of sp³-hybridized carbons (Fsp3) is 0.889. The second-order valence-electron chi connectivity index (χ2n) is 6.20. The number of halogens is 1. The van der Waals surface area contributed by atoms with Gasteiger partial charge in [-0.25, -0.2) is 4.57 Å². The molecule has 0 fully saturated rings. The van der Waals surface area contributed by atoms with E-state index in [1.165, 1.54) is 89.9 Å². The molecule has 0 aliphatic rings. The van der Waals surface area contributed by atoms with Gasteiger partial charge in [0.05, 0.1) is 0 Å². The van der Waals surface area contributed by atoms with Crippen LogP contribution in [-0.4, -0.2) is 16.3 Å². The molecule has 0 atom stereocenters. The Bertz CT molecular complexity index is 300. The van der Waals surface area contributed by atoms with Crippen LogP contribution in [0.3, 0.4) is 0 Å². The average Bonchev–Trinajstić information content (AvgIpc) is 2.49. The minimum Gasteiger partial charge on any atom is -0.330 e. The third-order valence-corrected chi connectivity index (χ3v) is 3.72. The van der Waals surface area contributed by atoms with E-state index in [1.807, 2.05) is 0 Å². The lowest BCUT2D eigenvalue weighted by atomic mass is 10.1. The lowest BCUT2D eigenvalue weighted by Gasteiger charge is -1.99. The van der Waals surface area contributed by atoms with Crippen molar-refractivity contribution in [1.29, 1.82) is 0 Å². The van der Waals surface area contributed by atoms with Crippen LogP contribution in [0.15, 0.2) is 12.2 Å². The Balaban J connectivity index is 0. The van der Waals surface area contributed by atoms with Gasteiger partial charge in [0.2, 0.25) is 0 Å². The number of allylic oxidation sites excluding steroid dienone is 2. The van der Waals surface area contributed by atoms with Crippen molar-refractivity contribution >= 4 is 7.91 Å². The molecule has 0 unspecified atom stereocenters. The van der Waals surface area contributed by atoms with Gasteiger partial charge in [-0.3, -0.25) is 9.79 Å². The molecule has 0 heterocycles. The third kappa shape index (κ3) is 37.8. The molecule has 0 radical (unpaired) electrons. The van der Waals surface area contributed by atoms with Crippen molar-refractivity contribution in [2.45, 2.75) is 96.8 Å². The molecule has 0 aliphatic heterocycles. The quantitative estimate of drug-likeness (QED) is 0.187. The van der Waals surface area contributed by atoms with Crippen molar-refractivity contribution in [3.05, 3.63) is 12.2 Å². The summed E-state index contributed by atoms with van der Waals surface area (Å²) in [6, 6.07) is 0. The lowest BCUT2D eigenvalue weighted by molar-refractivity contribution is 0.322. The Labute approximate surface area is 148 Å². The zero-order chi connectivity index (χ0) is 18.5. The Morgan fingerprint density at radius 1 is 0.792 bits per heavy atom. The molecule has 0 spiro atoms. The van der Waals surface area contributed by atoms with Gasteiger partial charge in [-0.2, -0.15) is 0 Å². The summed E-state index contributed by atoms with van der Waals surface area (Å²) < 4.78 is 19.0. The van der Waals surface area contributed by atoms with E-state index in [0.717, 1.165) is 6.54 Å². The maximum absolute atomic E-state index is 10.4.